The van der Waals surface area contributed by atoms with Crippen LogP contribution < -0.4 is 9.80 Å². The number of hydrogen-bond acceptors (Lipinski definition) is 7. The largest absolute Gasteiger partial charge is 0.368 e. The van der Waals surface area contributed by atoms with Crippen LogP contribution in [-0.4, -0.2) is 59.9 Å². The molecule has 2 aromatic carbocycles. The molecule has 2 saturated heterocycles. The second-order valence-electron chi connectivity index (χ2n) is 8.06. The lowest BCUT2D eigenvalue weighted by atomic mass is 10.1. The van der Waals surface area contributed by atoms with Crippen LogP contribution in [0.25, 0.3) is 0 Å². The minimum atomic E-state index is -0.434. The number of carbonyl (C=O) groups excluding carboxylic acids is 1. The van der Waals surface area contributed by atoms with Crippen LogP contribution in [0.1, 0.15) is 29.6 Å². The Bertz CT molecular complexity index is 1010. The molecule has 2 aliphatic heterocycles. The van der Waals surface area contributed by atoms with Crippen molar-refractivity contribution in [1.29, 1.82) is 0 Å². The van der Waals surface area contributed by atoms with Gasteiger partial charge in [0.15, 0.2) is 0 Å². The Hall–Kier alpha value is -3.69. The van der Waals surface area contributed by atoms with Crippen molar-refractivity contribution in [3.8, 4) is 0 Å². The predicted octanol–water partition coefficient (Wildman–Crippen LogP) is 3.46. The van der Waals surface area contributed by atoms with Crippen LogP contribution in [0.2, 0.25) is 0 Å². The zero-order chi connectivity index (χ0) is 22.7. The van der Waals surface area contributed by atoms with Crippen LogP contribution in [0.15, 0.2) is 42.5 Å². The van der Waals surface area contributed by atoms with Gasteiger partial charge in [0.2, 0.25) is 0 Å². The highest BCUT2D eigenvalue weighted by atomic mass is 16.6. The second-order valence-corrected chi connectivity index (χ2v) is 8.06. The Kier molecular flexibility index (Phi) is 6.20. The smallest absolute Gasteiger partial charge is 0.293 e. The van der Waals surface area contributed by atoms with E-state index in [0.717, 1.165) is 38.0 Å². The minimum Gasteiger partial charge on any atom is -0.368 e. The molecule has 0 aliphatic carbocycles. The van der Waals surface area contributed by atoms with Crippen LogP contribution in [0.5, 0.6) is 0 Å². The number of piperazine rings is 1. The van der Waals surface area contributed by atoms with E-state index in [9.17, 15) is 25.0 Å². The minimum absolute atomic E-state index is 0.0257. The van der Waals surface area contributed by atoms with Gasteiger partial charge in [-0.05, 0) is 43.5 Å². The molecule has 0 saturated carbocycles. The number of nitrogens with zero attached hydrogens (tertiary/aromatic N) is 5. The number of hydrogen-bond donors (Lipinski definition) is 0. The number of anilines is 2. The molecule has 0 unspecified atom stereocenters. The van der Waals surface area contributed by atoms with Crippen molar-refractivity contribution < 1.29 is 14.6 Å². The van der Waals surface area contributed by atoms with Crippen molar-refractivity contribution >= 4 is 28.7 Å². The molecule has 2 aliphatic rings. The Morgan fingerprint density at radius 2 is 1.41 bits per heavy atom. The quantitative estimate of drug-likeness (QED) is 0.518. The predicted molar refractivity (Wildman–Crippen MR) is 120 cm³/mol. The first-order chi connectivity index (χ1) is 15.4. The Labute approximate surface area is 185 Å². The van der Waals surface area contributed by atoms with E-state index in [2.05, 4.69) is 4.90 Å². The summed E-state index contributed by atoms with van der Waals surface area (Å²) in [7, 11) is 0. The summed E-state index contributed by atoms with van der Waals surface area (Å²) in [5, 5.41) is 22.5. The number of benzene rings is 2. The number of non-ortho nitro benzene ring substituents is 1. The van der Waals surface area contributed by atoms with Gasteiger partial charge < -0.3 is 14.7 Å². The molecular formula is C22H25N5O5. The second kappa shape index (κ2) is 9.21. The summed E-state index contributed by atoms with van der Waals surface area (Å²) in [6.07, 6.45) is 3.15. The van der Waals surface area contributed by atoms with Crippen LogP contribution >= 0.6 is 0 Å². The highest BCUT2D eigenvalue weighted by Gasteiger charge is 2.27. The van der Waals surface area contributed by atoms with E-state index in [1.165, 1.54) is 18.2 Å². The molecule has 2 aromatic rings. The van der Waals surface area contributed by atoms with E-state index < -0.39 is 9.85 Å². The molecule has 0 bridgehead atoms. The third kappa shape index (κ3) is 4.48. The van der Waals surface area contributed by atoms with Gasteiger partial charge in [0.1, 0.15) is 5.69 Å². The Balaban J connectivity index is 1.44. The molecule has 0 N–H and O–H groups in total. The molecule has 0 spiro atoms. The van der Waals surface area contributed by atoms with Gasteiger partial charge in [0, 0.05) is 68.7 Å². The van der Waals surface area contributed by atoms with Crippen LogP contribution in [0, 0.1) is 20.2 Å². The maximum absolute atomic E-state index is 13.0. The van der Waals surface area contributed by atoms with Gasteiger partial charge in [0.25, 0.3) is 17.3 Å². The number of nitro groups is 2. The van der Waals surface area contributed by atoms with Crippen molar-refractivity contribution in [2.75, 3.05) is 49.1 Å². The third-order valence-electron chi connectivity index (χ3n) is 6.11. The van der Waals surface area contributed by atoms with Gasteiger partial charge in [0.05, 0.1) is 9.85 Å². The standard InChI is InChI=1S/C22H25N5O5/c28-22(17-4-9-20(21(16-17)27(31)32)24-10-2-1-3-11-24)25-14-12-23(13-15-25)18-5-7-19(8-6-18)26(29)30/h4-9,16H,1-3,10-15H2. The molecule has 2 heterocycles. The number of piperidine rings is 1. The first kappa shape index (κ1) is 21.5. The van der Waals surface area contributed by atoms with E-state index in [4.69, 9.17) is 0 Å². The highest BCUT2D eigenvalue weighted by molar-refractivity contribution is 5.96. The summed E-state index contributed by atoms with van der Waals surface area (Å²) >= 11 is 0. The van der Waals surface area contributed by atoms with Crippen molar-refractivity contribution in [2.45, 2.75) is 19.3 Å². The van der Waals surface area contributed by atoms with E-state index in [0.29, 0.717) is 37.4 Å². The summed E-state index contributed by atoms with van der Waals surface area (Å²) in [6.45, 7) is 3.68. The Morgan fingerprint density at radius 3 is 2.00 bits per heavy atom. The van der Waals surface area contributed by atoms with Gasteiger partial charge in [-0.25, -0.2) is 0 Å². The number of nitro benzene ring substituents is 2. The SMILES string of the molecule is O=C(c1ccc(N2CCCCC2)c([N+](=O)[O-])c1)N1CCN(c2ccc([N+](=O)[O-])cc2)CC1. The molecule has 0 radical (unpaired) electrons. The highest BCUT2D eigenvalue weighted by Crippen LogP contribution is 2.32. The molecule has 1 amide bonds. The molecule has 10 nitrogen and oxygen atoms in total. The normalized spacial score (nSPS) is 16.7. The first-order valence-corrected chi connectivity index (χ1v) is 10.8. The van der Waals surface area contributed by atoms with E-state index in [-0.39, 0.29) is 17.3 Å². The van der Waals surface area contributed by atoms with E-state index in [1.54, 1.807) is 29.2 Å². The zero-order valence-electron chi connectivity index (χ0n) is 17.7. The number of rotatable bonds is 5. The molecule has 168 valence electrons. The van der Waals surface area contributed by atoms with Gasteiger partial charge in [-0.2, -0.15) is 0 Å². The molecule has 2 fully saturated rings. The molecule has 0 atom stereocenters. The molecule has 0 aromatic heterocycles. The Morgan fingerprint density at radius 1 is 0.750 bits per heavy atom. The lowest BCUT2D eigenvalue weighted by molar-refractivity contribution is -0.384. The lowest BCUT2D eigenvalue weighted by Crippen LogP contribution is -2.48. The fraction of sp³-hybridized carbons (Fsp3) is 0.409. The monoisotopic (exact) mass is 439 g/mol. The number of carbonyl (C=O) groups is 1. The average molecular weight is 439 g/mol. The molecular weight excluding hydrogens is 414 g/mol. The lowest BCUT2D eigenvalue weighted by Gasteiger charge is -2.36. The van der Waals surface area contributed by atoms with Crippen molar-refractivity contribution in [1.82, 2.24) is 4.90 Å². The van der Waals surface area contributed by atoms with Gasteiger partial charge in [-0.3, -0.25) is 25.0 Å². The van der Waals surface area contributed by atoms with Gasteiger partial charge >= 0.3 is 0 Å². The van der Waals surface area contributed by atoms with Gasteiger partial charge in [-0.15, -0.1) is 0 Å². The van der Waals surface area contributed by atoms with Crippen molar-refractivity contribution in [3.05, 3.63) is 68.3 Å². The van der Waals surface area contributed by atoms with E-state index in [1.807, 2.05) is 4.90 Å². The fourth-order valence-corrected chi connectivity index (χ4v) is 4.34. The summed E-state index contributed by atoms with van der Waals surface area (Å²) in [5.41, 5.74) is 1.78. The van der Waals surface area contributed by atoms with Gasteiger partial charge in [-0.1, -0.05) is 0 Å². The van der Waals surface area contributed by atoms with Crippen molar-refractivity contribution in [2.24, 2.45) is 0 Å². The fourth-order valence-electron chi connectivity index (χ4n) is 4.34. The first-order valence-electron chi connectivity index (χ1n) is 10.8. The molecule has 32 heavy (non-hydrogen) atoms. The summed E-state index contributed by atoms with van der Waals surface area (Å²) < 4.78 is 0. The average Bonchev–Trinajstić information content (AvgIpc) is 2.84. The summed E-state index contributed by atoms with van der Waals surface area (Å²) in [6, 6.07) is 11.1. The van der Waals surface area contributed by atoms with Crippen LogP contribution in [-0.2, 0) is 0 Å². The van der Waals surface area contributed by atoms with E-state index >= 15 is 0 Å². The maximum Gasteiger partial charge on any atom is 0.293 e. The zero-order valence-corrected chi connectivity index (χ0v) is 17.7. The van der Waals surface area contributed by atoms with Crippen LogP contribution in [0.3, 0.4) is 0 Å². The third-order valence-corrected chi connectivity index (χ3v) is 6.11. The summed E-state index contributed by atoms with van der Waals surface area (Å²) in [5.74, 6) is -0.221. The number of amides is 1. The molecule has 4 rings (SSSR count). The topological polar surface area (TPSA) is 113 Å². The summed E-state index contributed by atoms with van der Waals surface area (Å²) in [4.78, 5) is 40.5. The maximum atomic E-state index is 13.0. The van der Waals surface area contributed by atoms with Crippen molar-refractivity contribution in [3.63, 3.8) is 0 Å². The molecule has 10 heteroatoms. The van der Waals surface area contributed by atoms with Crippen LogP contribution in [0.4, 0.5) is 22.7 Å².